The summed E-state index contributed by atoms with van der Waals surface area (Å²) in [5.74, 6) is 0.451. The van der Waals surface area contributed by atoms with Crippen LogP contribution in [0.4, 0.5) is 4.39 Å². The van der Waals surface area contributed by atoms with Crippen LogP contribution >= 0.6 is 11.6 Å². The van der Waals surface area contributed by atoms with Gasteiger partial charge in [0.05, 0.1) is 5.03 Å². The predicted molar refractivity (Wildman–Crippen MR) is 104 cm³/mol. The zero-order valence-corrected chi connectivity index (χ0v) is 16.1. The fourth-order valence-electron chi connectivity index (χ4n) is 4.05. The Morgan fingerprint density at radius 1 is 1.46 bits per heavy atom. The molecule has 0 N–H and O–H groups in total. The molecule has 0 bridgehead atoms. The van der Waals surface area contributed by atoms with Crippen molar-refractivity contribution in [2.45, 2.75) is 45.6 Å². The number of aliphatic imine (C=N–C) groups is 1. The maximum absolute atomic E-state index is 13.8. The fourth-order valence-corrected chi connectivity index (χ4v) is 4.29. The summed E-state index contributed by atoms with van der Waals surface area (Å²) in [5, 5.41) is 0.0838. The Kier molecular flexibility index (Phi) is 5.33. The normalized spacial score (nSPS) is 32.3. The molecule has 3 nitrogen and oxygen atoms in total. The van der Waals surface area contributed by atoms with Gasteiger partial charge < -0.3 is 4.90 Å². The molecule has 3 aliphatic rings. The summed E-state index contributed by atoms with van der Waals surface area (Å²) in [6, 6.07) is 0. The first kappa shape index (κ1) is 18.8. The van der Waals surface area contributed by atoms with Crippen molar-refractivity contribution < 1.29 is 9.18 Å². The molecule has 3 atom stereocenters. The number of fused-ring (bicyclic) bond motifs is 2. The molecule has 0 aromatic heterocycles. The third kappa shape index (κ3) is 3.11. The second-order valence-electron chi connectivity index (χ2n) is 7.17. The maximum Gasteiger partial charge on any atom is 0.274 e. The van der Waals surface area contributed by atoms with Crippen molar-refractivity contribution in [3.05, 3.63) is 59.1 Å². The molecule has 0 aromatic rings. The fraction of sp³-hybridized carbons (Fsp3) is 0.429. The Bertz CT molecular complexity index is 790. The molecule has 0 radical (unpaired) electrons. The topological polar surface area (TPSA) is 32.7 Å². The summed E-state index contributed by atoms with van der Waals surface area (Å²) in [5.41, 5.74) is 0.391. The molecule has 138 valence electrons. The summed E-state index contributed by atoms with van der Waals surface area (Å²) < 4.78 is 13.8. The highest BCUT2D eigenvalue weighted by molar-refractivity contribution is 6.31. The highest BCUT2D eigenvalue weighted by atomic mass is 35.5. The lowest BCUT2D eigenvalue weighted by molar-refractivity contribution is -0.126. The van der Waals surface area contributed by atoms with Gasteiger partial charge in [0, 0.05) is 12.1 Å². The number of halogens is 2. The second-order valence-corrected chi connectivity index (χ2v) is 7.58. The Balaban J connectivity index is 1.90. The van der Waals surface area contributed by atoms with Crippen LogP contribution in [0.5, 0.6) is 0 Å². The van der Waals surface area contributed by atoms with Crippen LogP contribution in [-0.4, -0.2) is 22.2 Å². The minimum absolute atomic E-state index is 0.0284. The van der Waals surface area contributed by atoms with Gasteiger partial charge >= 0.3 is 0 Å². The molecule has 1 spiro atoms. The van der Waals surface area contributed by atoms with E-state index in [1.165, 1.54) is 6.08 Å². The van der Waals surface area contributed by atoms with Crippen molar-refractivity contribution in [1.82, 2.24) is 4.90 Å². The quantitative estimate of drug-likeness (QED) is 0.617. The van der Waals surface area contributed by atoms with Crippen molar-refractivity contribution in [2.75, 3.05) is 0 Å². The van der Waals surface area contributed by atoms with E-state index >= 15 is 0 Å². The van der Waals surface area contributed by atoms with Gasteiger partial charge in [-0.25, -0.2) is 4.39 Å². The van der Waals surface area contributed by atoms with Crippen LogP contribution in [-0.2, 0) is 4.79 Å². The number of carbonyl (C=O) groups excluding carboxylic acids is 1. The predicted octanol–water partition coefficient (Wildman–Crippen LogP) is 5.43. The van der Waals surface area contributed by atoms with Crippen molar-refractivity contribution in [3.8, 4) is 0 Å². The minimum atomic E-state index is -0.530. The first-order valence-electron chi connectivity index (χ1n) is 9.05. The van der Waals surface area contributed by atoms with Crippen LogP contribution in [0.25, 0.3) is 0 Å². The third-order valence-corrected chi connectivity index (χ3v) is 5.88. The first-order chi connectivity index (χ1) is 12.4. The van der Waals surface area contributed by atoms with Crippen LogP contribution in [0.15, 0.2) is 64.1 Å². The lowest BCUT2D eigenvalue weighted by Gasteiger charge is -2.35. The van der Waals surface area contributed by atoms with E-state index in [2.05, 4.69) is 11.9 Å². The van der Waals surface area contributed by atoms with E-state index in [1.807, 2.05) is 36.3 Å². The van der Waals surface area contributed by atoms with E-state index in [9.17, 15) is 9.18 Å². The molecule has 1 amide bonds. The van der Waals surface area contributed by atoms with Gasteiger partial charge in [0.2, 0.25) is 0 Å². The Morgan fingerprint density at radius 2 is 2.23 bits per heavy atom. The molecule has 0 aromatic carbocycles. The number of carbonyl (C=O) groups is 1. The van der Waals surface area contributed by atoms with Crippen molar-refractivity contribution >= 4 is 23.3 Å². The zero-order valence-electron chi connectivity index (χ0n) is 15.4. The molecule has 0 saturated heterocycles. The van der Waals surface area contributed by atoms with Crippen molar-refractivity contribution in [3.63, 3.8) is 0 Å². The van der Waals surface area contributed by atoms with Gasteiger partial charge in [-0.15, -0.1) is 0 Å². The van der Waals surface area contributed by atoms with Crippen molar-refractivity contribution in [2.24, 2.45) is 16.8 Å². The van der Waals surface area contributed by atoms with Gasteiger partial charge in [0.25, 0.3) is 5.91 Å². The molecule has 1 fully saturated rings. The summed E-state index contributed by atoms with van der Waals surface area (Å²) in [6.45, 7) is 5.79. The van der Waals surface area contributed by atoms with Gasteiger partial charge in [-0.1, -0.05) is 48.7 Å². The highest BCUT2D eigenvalue weighted by Gasteiger charge is 2.55. The van der Waals surface area contributed by atoms with E-state index in [0.717, 1.165) is 24.8 Å². The summed E-state index contributed by atoms with van der Waals surface area (Å²) in [4.78, 5) is 18.9. The number of amides is 1. The summed E-state index contributed by atoms with van der Waals surface area (Å²) in [7, 11) is 0. The molecule has 2 heterocycles. The zero-order chi connectivity index (χ0) is 18.9. The SMILES string of the molecule is C\C=C/C(F)=C(Cl)\C=C(/C)C1C=CC2=NC(=O)C3(CCCC3C)N2C=C1. The van der Waals surface area contributed by atoms with Crippen LogP contribution in [0.2, 0.25) is 0 Å². The number of amidine groups is 1. The monoisotopic (exact) mass is 374 g/mol. The number of allylic oxidation sites excluding steroid dienone is 8. The number of hydrogen-bond acceptors (Lipinski definition) is 2. The average Bonchev–Trinajstić information content (AvgIpc) is 3.01. The molecule has 3 rings (SSSR count). The lowest BCUT2D eigenvalue weighted by Crippen LogP contribution is -2.50. The van der Waals surface area contributed by atoms with Crippen LogP contribution < -0.4 is 0 Å². The third-order valence-electron chi connectivity index (χ3n) is 5.59. The minimum Gasteiger partial charge on any atom is -0.318 e. The van der Waals surface area contributed by atoms with E-state index in [1.54, 1.807) is 19.1 Å². The Morgan fingerprint density at radius 3 is 2.88 bits per heavy atom. The average molecular weight is 375 g/mol. The van der Waals surface area contributed by atoms with E-state index < -0.39 is 11.4 Å². The van der Waals surface area contributed by atoms with Crippen molar-refractivity contribution in [1.29, 1.82) is 0 Å². The van der Waals surface area contributed by atoms with Gasteiger partial charge in [0.15, 0.2) is 0 Å². The number of nitrogens with zero attached hydrogens (tertiary/aromatic N) is 2. The maximum atomic E-state index is 13.8. The van der Waals surface area contributed by atoms with Gasteiger partial charge in [0.1, 0.15) is 17.2 Å². The summed E-state index contributed by atoms with van der Waals surface area (Å²) in [6.07, 6.45) is 15.4. The Labute approximate surface area is 159 Å². The number of rotatable bonds is 3. The molecular weight excluding hydrogens is 351 g/mol. The van der Waals surface area contributed by atoms with Gasteiger partial charge in [-0.05, 0) is 50.8 Å². The molecule has 26 heavy (non-hydrogen) atoms. The molecule has 5 heteroatoms. The van der Waals surface area contributed by atoms with Crippen LogP contribution in [0, 0.1) is 11.8 Å². The van der Waals surface area contributed by atoms with E-state index in [4.69, 9.17) is 11.6 Å². The largest absolute Gasteiger partial charge is 0.318 e. The van der Waals surface area contributed by atoms with Crippen LogP contribution in [0.3, 0.4) is 0 Å². The molecule has 1 aliphatic carbocycles. The van der Waals surface area contributed by atoms with Gasteiger partial charge in [-0.3, -0.25) is 4.79 Å². The lowest BCUT2D eigenvalue weighted by atomic mass is 9.86. The molecule has 1 saturated carbocycles. The van der Waals surface area contributed by atoms with Gasteiger partial charge in [-0.2, -0.15) is 4.99 Å². The molecule has 3 unspecified atom stereocenters. The molecule has 2 aliphatic heterocycles. The second kappa shape index (κ2) is 7.36. The van der Waals surface area contributed by atoms with E-state index in [0.29, 0.717) is 5.84 Å². The Hall–Kier alpha value is -1.94. The van der Waals surface area contributed by atoms with Crippen LogP contribution in [0.1, 0.15) is 40.0 Å². The molecular formula is C21H24ClFN2O. The highest BCUT2D eigenvalue weighted by Crippen LogP contribution is 2.45. The first-order valence-corrected chi connectivity index (χ1v) is 9.43. The standard InChI is InChI=1S/C21H24ClFN2O/c1-4-6-18(23)17(22)13-14(2)16-8-9-19-24-20(26)21(25(19)12-10-16)11-5-7-15(21)3/h4,6,8-10,12-13,15-16H,5,7,11H2,1-3H3/b6-4-,14-13+,18-17-. The summed E-state index contributed by atoms with van der Waals surface area (Å²) >= 11 is 6.05. The number of hydrogen-bond donors (Lipinski definition) is 0. The van der Waals surface area contributed by atoms with E-state index in [-0.39, 0.29) is 22.8 Å². The smallest absolute Gasteiger partial charge is 0.274 e.